The molecule has 0 fully saturated rings. The molecule has 0 aliphatic heterocycles. The van der Waals surface area contributed by atoms with Gasteiger partial charge in [0, 0.05) is 6.07 Å². The lowest BCUT2D eigenvalue weighted by Gasteiger charge is -2.13. The highest BCUT2D eigenvalue weighted by atomic mass is 19.1. The molecule has 19 heavy (non-hydrogen) atoms. The molecular weight excluding hydrogens is 246 g/mol. The normalized spacial score (nSPS) is 15.3. The van der Waals surface area contributed by atoms with E-state index in [0.717, 1.165) is 25.3 Å². The lowest BCUT2D eigenvalue weighted by atomic mass is 9.98. The van der Waals surface area contributed by atoms with E-state index in [2.05, 4.69) is 0 Å². The number of hydrogen-bond acceptors (Lipinski definition) is 1. The number of aliphatic hydroxyl groups excluding tert-OH is 1. The third-order valence-corrected chi connectivity index (χ3v) is 3.64. The minimum absolute atomic E-state index is 0.246. The van der Waals surface area contributed by atoms with Gasteiger partial charge in [0.15, 0.2) is 0 Å². The topological polar surface area (TPSA) is 20.2 Å². The van der Waals surface area contributed by atoms with Crippen LogP contribution in [0.5, 0.6) is 0 Å². The lowest BCUT2D eigenvalue weighted by molar-refractivity contribution is 0.219. The van der Waals surface area contributed by atoms with Gasteiger partial charge in [-0.25, -0.2) is 8.78 Å². The van der Waals surface area contributed by atoms with Gasteiger partial charge in [-0.3, -0.25) is 0 Å². The van der Waals surface area contributed by atoms with Crippen molar-refractivity contribution in [3.05, 3.63) is 70.3 Å². The largest absolute Gasteiger partial charge is 0.384 e. The Morgan fingerprint density at radius 1 is 0.842 bits per heavy atom. The molecule has 0 saturated carbocycles. The second kappa shape index (κ2) is 4.74. The van der Waals surface area contributed by atoms with Gasteiger partial charge < -0.3 is 5.11 Å². The molecule has 0 heterocycles. The number of halogens is 2. The molecule has 1 unspecified atom stereocenters. The Balaban J connectivity index is 1.97. The first kappa shape index (κ1) is 12.3. The summed E-state index contributed by atoms with van der Waals surface area (Å²) >= 11 is 0. The number of fused-ring (bicyclic) bond motifs is 1. The average Bonchev–Trinajstić information content (AvgIpc) is 2.83. The van der Waals surface area contributed by atoms with Crippen LogP contribution in [-0.4, -0.2) is 5.11 Å². The molecule has 2 aromatic rings. The minimum Gasteiger partial charge on any atom is -0.384 e. The first-order valence-electron chi connectivity index (χ1n) is 6.39. The first-order chi connectivity index (χ1) is 9.13. The molecule has 0 amide bonds. The number of aliphatic hydroxyl groups is 1. The average molecular weight is 260 g/mol. The summed E-state index contributed by atoms with van der Waals surface area (Å²) in [6.45, 7) is 0. The zero-order chi connectivity index (χ0) is 13.4. The molecule has 98 valence electrons. The monoisotopic (exact) mass is 260 g/mol. The van der Waals surface area contributed by atoms with Crippen LogP contribution in [0.4, 0.5) is 8.78 Å². The SMILES string of the molecule is OC(c1cc(F)cc(F)c1)c1ccc2c(c1)CCC2. The first-order valence-corrected chi connectivity index (χ1v) is 6.39. The van der Waals surface area contributed by atoms with E-state index >= 15 is 0 Å². The van der Waals surface area contributed by atoms with Crippen molar-refractivity contribution >= 4 is 0 Å². The summed E-state index contributed by atoms with van der Waals surface area (Å²) in [5.74, 6) is -1.34. The van der Waals surface area contributed by atoms with E-state index in [1.54, 1.807) is 0 Å². The molecular formula is C16H14F2O. The number of benzene rings is 2. The van der Waals surface area contributed by atoms with Gasteiger partial charge in [-0.05, 0) is 53.6 Å². The van der Waals surface area contributed by atoms with Gasteiger partial charge in [-0.1, -0.05) is 18.2 Å². The Morgan fingerprint density at radius 3 is 2.26 bits per heavy atom. The second-order valence-electron chi connectivity index (χ2n) is 4.99. The number of rotatable bonds is 2. The van der Waals surface area contributed by atoms with Crippen molar-refractivity contribution in [1.82, 2.24) is 0 Å². The Kier molecular flexibility index (Phi) is 3.07. The number of hydrogen-bond donors (Lipinski definition) is 1. The van der Waals surface area contributed by atoms with Crippen LogP contribution in [0.2, 0.25) is 0 Å². The van der Waals surface area contributed by atoms with E-state index in [-0.39, 0.29) is 5.56 Å². The molecule has 0 bridgehead atoms. The van der Waals surface area contributed by atoms with E-state index in [1.807, 2.05) is 18.2 Å². The highest BCUT2D eigenvalue weighted by Crippen LogP contribution is 2.29. The quantitative estimate of drug-likeness (QED) is 0.875. The molecule has 0 spiro atoms. The Hall–Kier alpha value is -1.74. The Morgan fingerprint density at radius 2 is 1.53 bits per heavy atom. The van der Waals surface area contributed by atoms with Gasteiger partial charge in [0.05, 0.1) is 0 Å². The van der Waals surface area contributed by atoms with Gasteiger partial charge >= 0.3 is 0 Å². The molecule has 1 aliphatic carbocycles. The van der Waals surface area contributed by atoms with Crippen molar-refractivity contribution in [2.75, 3.05) is 0 Å². The van der Waals surface area contributed by atoms with Gasteiger partial charge in [0.2, 0.25) is 0 Å². The summed E-state index contributed by atoms with van der Waals surface area (Å²) in [5.41, 5.74) is 3.47. The van der Waals surface area contributed by atoms with E-state index < -0.39 is 17.7 Å². The summed E-state index contributed by atoms with van der Waals surface area (Å²) in [6, 6.07) is 8.91. The van der Waals surface area contributed by atoms with Crippen LogP contribution in [0.15, 0.2) is 36.4 Å². The van der Waals surface area contributed by atoms with Gasteiger partial charge in [0.25, 0.3) is 0 Å². The standard InChI is InChI=1S/C16H14F2O/c17-14-7-13(8-15(18)9-14)16(19)12-5-4-10-2-1-3-11(10)6-12/h4-9,16,19H,1-3H2. The molecule has 3 rings (SSSR count). The summed E-state index contributed by atoms with van der Waals surface area (Å²) in [6.07, 6.45) is 2.22. The molecule has 1 N–H and O–H groups in total. The predicted octanol–water partition coefficient (Wildman–Crippen LogP) is 3.54. The van der Waals surface area contributed by atoms with E-state index in [0.29, 0.717) is 5.56 Å². The summed E-state index contributed by atoms with van der Waals surface area (Å²) in [5, 5.41) is 10.2. The molecule has 1 nitrogen and oxygen atoms in total. The highest BCUT2D eigenvalue weighted by Gasteiger charge is 2.16. The van der Waals surface area contributed by atoms with Crippen LogP contribution < -0.4 is 0 Å². The maximum absolute atomic E-state index is 13.2. The number of aryl methyl sites for hydroxylation is 2. The zero-order valence-corrected chi connectivity index (χ0v) is 10.4. The van der Waals surface area contributed by atoms with Crippen LogP contribution in [0, 0.1) is 11.6 Å². The third-order valence-electron chi connectivity index (χ3n) is 3.64. The highest BCUT2D eigenvalue weighted by molar-refractivity contribution is 5.39. The van der Waals surface area contributed by atoms with Crippen molar-refractivity contribution in [2.45, 2.75) is 25.4 Å². The molecule has 1 atom stereocenters. The van der Waals surface area contributed by atoms with Gasteiger partial charge in [-0.15, -0.1) is 0 Å². The van der Waals surface area contributed by atoms with Crippen molar-refractivity contribution in [2.24, 2.45) is 0 Å². The molecule has 0 saturated heterocycles. The van der Waals surface area contributed by atoms with Crippen LogP contribution in [-0.2, 0) is 12.8 Å². The maximum Gasteiger partial charge on any atom is 0.126 e. The third kappa shape index (κ3) is 2.38. The molecule has 2 aromatic carbocycles. The van der Waals surface area contributed by atoms with Crippen LogP contribution in [0.25, 0.3) is 0 Å². The van der Waals surface area contributed by atoms with Crippen molar-refractivity contribution < 1.29 is 13.9 Å². The van der Waals surface area contributed by atoms with Crippen LogP contribution >= 0.6 is 0 Å². The maximum atomic E-state index is 13.2. The van der Waals surface area contributed by atoms with Crippen LogP contribution in [0.3, 0.4) is 0 Å². The second-order valence-corrected chi connectivity index (χ2v) is 4.99. The summed E-state index contributed by atoms with van der Waals surface area (Å²) in [4.78, 5) is 0. The lowest BCUT2D eigenvalue weighted by Crippen LogP contribution is -2.02. The Bertz CT molecular complexity index is 602. The van der Waals surface area contributed by atoms with Gasteiger partial charge in [-0.2, -0.15) is 0 Å². The smallest absolute Gasteiger partial charge is 0.126 e. The molecule has 3 heteroatoms. The minimum atomic E-state index is -0.990. The fourth-order valence-electron chi connectivity index (χ4n) is 2.69. The molecule has 1 aliphatic rings. The summed E-state index contributed by atoms with van der Waals surface area (Å²) in [7, 11) is 0. The fraction of sp³-hybridized carbons (Fsp3) is 0.250. The molecule has 0 aromatic heterocycles. The van der Waals surface area contributed by atoms with Crippen molar-refractivity contribution in [3.63, 3.8) is 0 Å². The van der Waals surface area contributed by atoms with Crippen molar-refractivity contribution in [1.29, 1.82) is 0 Å². The van der Waals surface area contributed by atoms with Gasteiger partial charge in [0.1, 0.15) is 17.7 Å². The van der Waals surface area contributed by atoms with E-state index in [9.17, 15) is 13.9 Å². The predicted molar refractivity (Wildman–Crippen MR) is 68.9 cm³/mol. The van der Waals surface area contributed by atoms with E-state index in [1.165, 1.54) is 23.3 Å². The summed E-state index contributed by atoms with van der Waals surface area (Å²) < 4.78 is 26.3. The molecule has 0 radical (unpaired) electrons. The van der Waals surface area contributed by atoms with E-state index in [4.69, 9.17) is 0 Å². The fourth-order valence-corrected chi connectivity index (χ4v) is 2.69. The zero-order valence-electron chi connectivity index (χ0n) is 10.4. The van der Waals surface area contributed by atoms with Crippen LogP contribution in [0.1, 0.15) is 34.8 Å². The Labute approximate surface area is 110 Å². The van der Waals surface area contributed by atoms with Crippen molar-refractivity contribution in [3.8, 4) is 0 Å².